The van der Waals surface area contributed by atoms with Crippen LogP contribution in [0.5, 0.6) is 0 Å². The molecule has 7 heteroatoms. The molecule has 0 aromatic carbocycles. The van der Waals surface area contributed by atoms with Gasteiger partial charge in [0, 0.05) is 0 Å². The second kappa shape index (κ2) is 53.4. The predicted octanol–water partition coefficient (Wildman–Crippen LogP) is 20.2. The third kappa shape index (κ3) is 48.7. The minimum atomic E-state index is -3.86. The zero-order chi connectivity index (χ0) is 45.8. The molecule has 0 atom stereocenters. The summed E-state index contributed by atoms with van der Waals surface area (Å²) in [6.45, 7) is 8.94. The van der Waals surface area contributed by atoms with Gasteiger partial charge in [0.1, 0.15) is 0 Å². The van der Waals surface area contributed by atoms with Crippen molar-refractivity contribution in [2.24, 2.45) is 0 Å². The number of carbonyl (C=O) groups is 2. The summed E-state index contributed by atoms with van der Waals surface area (Å²) < 4.78 is 14.2. The Balaban J connectivity index is 3.94. The van der Waals surface area contributed by atoms with Gasteiger partial charge in [-0.15, -0.1) is 0 Å². The molecule has 0 saturated carbocycles. The second-order valence-electron chi connectivity index (χ2n) is 19.6. The second-order valence-corrected chi connectivity index (χ2v) is 31.0. The quantitative estimate of drug-likeness (QED) is 0.0447. The molecule has 0 amide bonds. The Hall–Kier alpha value is 0.439. The van der Waals surface area contributed by atoms with Gasteiger partial charge in [-0.25, -0.2) is 0 Å². The molecule has 0 N–H and O–H groups in total. The first-order valence-corrected chi connectivity index (χ1v) is 37.3. The van der Waals surface area contributed by atoms with Crippen LogP contribution in [0.3, 0.4) is 0 Å². The molecule has 0 unspecified atom stereocenters. The van der Waals surface area contributed by atoms with Crippen molar-refractivity contribution in [1.82, 2.24) is 0 Å². The molecular weight excluding hydrogens is 919 g/mol. The average Bonchev–Trinajstić information content (AvgIpc) is 3.28. The van der Waals surface area contributed by atoms with Crippen LogP contribution in [0.15, 0.2) is 0 Å². The zero-order valence-electron chi connectivity index (χ0n) is 43.3. The van der Waals surface area contributed by atoms with Crippen LogP contribution in [-0.2, 0) is 15.7 Å². The molecule has 0 fully saturated rings. The van der Waals surface area contributed by atoms with E-state index in [1.165, 1.54) is 257 Å². The molecule has 0 bridgehead atoms. The van der Waals surface area contributed by atoms with Crippen molar-refractivity contribution in [1.29, 1.82) is 0 Å². The maximum atomic E-state index is 13.2. The van der Waals surface area contributed by atoms with Crippen molar-refractivity contribution in [3.05, 3.63) is 0 Å². The first kappa shape index (κ1) is 63.4. The van der Waals surface area contributed by atoms with E-state index in [0.29, 0.717) is 11.5 Å². The Labute approximate surface area is 409 Å². The smallest absolute Gasteiger partial charge is 0.0654 e. The van der Waals surface area contributed by atoms with Gasteiger partial charge in [-0.3, -0.25) is 0 Å². The van der Waals surface area contributed by atoms with Gasteiger partial charge >= 0.3 is 232 Å². The molecule has 376 valence electrons. The van der Waals surface area contributed by atoms with E-state index in [1.807, 2.05) is 0 Å². The van der Waals surface area contributed by atoms with Crippen molar-refractivity contribution < 1.29 is 15.7 Å². The number of rotatable bonds is 54. The fraction of sp³-hybridized carbons (Fsp3) is 0.964. The molecule has 0 aromatic rings. The Morgan fingerprint density at radius 2 is 0.476 bits per heavy atom. The molecule has 63 heavy (non-hydrogen) atoms. The summed E-state index contributed by atoms with van der Waals surface area (Å²) in [6, 6.07) is 0. The maximum absolute atomic E-state index is 13.2. The van der Waals surface area contributed by atoms with Crippen LogP contribution >= 0.6 is 23.5 Å². The SMILES string of the molecule is CCCCCCCCCCCCCCCCCCCCCCSCC(=O)[O][Sn]([CH2]CCC)([CH2]CCC)[O]C(=O)CSCCCCCCCCCCCCCCCCCCCCCC. The van der Waals surface area contributed by atoms with Crippen LogP contribution in [0.4, 0.5) is 0 Å². The van der Waals surface area contributed by atoms with Crippen LogP contribution in [0.25, 0.3) is 0 Å². The summed E-state index contributed by atoms with van der Waals surface area (Å²) in [5, 5.41) is 0. The summed E-state index contributed by atoms with van der Waals surface area (Å²) in [7, 11) is 0. The topological polar surface area (TPSA) is 52.6 Å². The van der Waals surface area contributed by atoms with Crippen LogP contribution in [-0.4, -0.2) is 54.2 Å². The molecule has 0 aliphatic heterocycles. The molecule has 0 spiro atoms. The number of unbranched alkanes of at least 4 members (excludes halogenated alkanes) is 40. The van der Waals surface area contributed by atoms with Gasteiger partial charge in [0.2, 0.25) is 0 Å². The van der Waals surface area contributed by atoms with Gasteiger partial charge in [-0.2, -0.15) is 0 Å². The van der Waals surface area contributed by atoms with E-state index in [0.717, 1.165) is 46.1 Å². The van der Waals surface area contributed by atoms with Gasteiger partial charge in [0.15, 0.2) is 0 Å². The summed E-state index contributed by atoms with van der Waals surface area (Å²) in [6.07, 6.45) is 59.9. The van der Waals surface area contributed by atoms with E-state index in [1.54, 1.807) is 23.5 Å². The van der Waals surface area contributed by atoms with Gasteiger partial charge in [-0.05, 0) is 0 Å². The first-order valence-electron chi connectivity index (χ1n) is 28.6. The third-order valence-corrected chi connectivity index (χ3v) is 25.0. The van der Waals surface area contributed by atoms with Crippen LogP contribution in [0, 0.1) is 0 Å². The molecule has 0 heterocycles. The summed E-state index contributed by atoms with van der Waals surface area (Å²) in [4.78, 5) is 26.3. The van der Waals surface area contributed by atoms with Crippen LogP contribution < -0.4 is 0 Å². The van der Waals surface area contributed by atoms with Gasteiger partial charge in [0.25, 0.3) is 0 Å². The number of carbonyl (C=O) groups excluding carboxylic acids is 2. The Morgan fingerprint density at radius 1 is 0.286 bits per heavy atom. The Morgan fingerprint density at radius 3 is 0.683 bits per heavy atom. The van der Waals surface area contributed by atoms with Crippen molar-refractivity contribution >= 4 is 54.7 Å². The predicted molar refractivity (Wildman–Crippen MR) is 288 cm³/mol. The number of hydrogen-bond donors (Lipinski definition) is 0. The van der Waals surface area contributed by atoms with Crippen molar-refractivity contribution in [2.75, 3.05) is 23.0 Å². The number of thioether (sulfide) groups is 2. The molecule has 0 aliphatic carbocycles. The molecule has 0 aliphatic rings. The van der Waals surface area contributed by atoms with E-state index in [9.17, 15) is 9.59 Å². The van der Waals surface area contributed by atoms with Crippen LogP contribution in [0.2, 0.25) is 8.87 Å². The molecule has 0 saturated heterocycles. The van der Waals surface area contributed by atoms with E-state index in [-0.39, 0.29) is 11.9 Å². The molecule has 0 aromatic heterocycles. The Kier molecular flexibility index (Phi) is 53.8. The molecule has 4 nitrogen and oxygen atoms in total. The molecule has 0 rings (SSSR count). The summed E-state index contributed by atoms with van der Waals surface area (Å²) in [5.74, 6) is 2.53. The van der Waals surface area contributed by atoms with E-state index in [2.05, 4.69) is 27.7 Å². The fourth-order valence-corrected chi connectivity index (χ4v) is 21.0. The van der Waals surface area contributed by atoms with E-state index >= 15 is 0 Å². The molecular formula is C56H112O4S2Sn. The first-order chi connectivity index (χ1) is 31.0. The monoisotopic (exact) mass is 1030 g/mol. The minimum Gasteiger partial charge on any atom is -0.0654 e. The van der Waals surface area contributed by atoms with E-state index < -0.39 is 19.2 Å². The molecule has 0 radical (unpaired) electrons. The van der Waals surface area contributed by atoms with Crippen molar-refractivity contribution in [3.63, 3.8) is 0 Å². The fourth-order valence-electron chi connectivity index (χ4n) is 8.95. The number of hydrogen-bond acceptors (Lipinski definition) is 6. The minimum absolute atomic E-state index is 0.138. The van der Waals surface area contributed by atoms with Gasteiger partial charge in [-0.1, -0.05) is 181 Å². The van der Waals surface area contributed by atoms with Gasteiger partial charge < -0.3 is 0 Å². The summed E-state index contributed by atoms with van der Waals surface area (Å²) >= 11 is -0.438. The van der Waals surface area contributed by atoms with Crippen molar-refractivity contribution in [2.45, 2.75) is 319 Å². The zero-order valence-corrected chi connectivity index (χ0v) is 47.8. The van der Waals surface area contributed by atoms with E-state index in [4.69, 9.17) is 6.15 Å². The average molecular weight is 1030 g/mol. The summed E-state index contributed by atoms with van der Waals surface area (Å²) in [5.41, 5.74) is 0. The van der Waals surface area contributed by atoms with Crippen LogP contribution in [0.1, 0.15) is 310 Å². The normalized spacial score (nSPS) is 11.7. The third-order valence-electron chi connectivity index (χ3n) is 13.1. The van der Waals surface area contributed by atoms with Crippen molar-refractivity contribution in [3.8, 4) is 0 Å². The Bertz CT molecular complexity index is 848. The standard InChI is InChI=1S/2C24H48O2S.2C4H9.Sn/c2*1-2-3-4-5-6-7-8-9-10-11-12-13-14-15-16-17-18-19-20-21-22-27-23-24(25)26;2*1-3-4-2;/h2*2-23H2,1H3,(H,25,26);2*1,3-4H2,2H3;/q;;;;+2/p-2. The van der Waals surface area contributed by atoms with Gasteiger partial charge in [0.05, 0.1) is 0 Å².